The van der Waals surface area contributed by atoms with E-state index in [-0.39, 0.29) is 0 Å². The molecule has 100 valence electrons. The highest BCUT2D eigenvalue weighted by molar-refractivity contribution is 9.10. The van der Waals surface area contributed by atoms with Gasteiger partial charge in [0, 0.05) is 10.0 Å². The van der Waals surface area contributed by atoms with Crippen molar-refractivity contribution in [2.75, 3.05) is 0 Å². The molecule has 1 nitrogen and oxygen atoms in total. The number of rotatable bonds is 5. The minimum atomic E-state index is 0.448. The Balaban J connectivity index is 2.05. The molecule has 0 spiro atoms. The third kappa shape index (κ3) is 3.99. The van der Waals surface area contributed by atoms with E-state index in [1.807, 2.05) is 18.2 Å². The summed E-state index contributed by atoms with van der Waals surface area (Å²) in [5, 5.41) is 0. The van der Waals surface area contributed by atoms with E-state index >= 15 is 0 Å². The first-order chi connectivity index (χ1) is 9.22. The third-order valence-corrected chi connectivity index (χ3v) is 3.77. The maximum Gasteiger partial charge on any atom is 0.124 e. The molecular formula is C16H16BrClO. The van der Waals surface area contributed by atoms with Crippen molar-refractivity contribution >= 4 is 27.5 Å². The molecule has 0 bridgehead atoms. The molecule has 2 aromatic carbocycles. The van der Waals surface area contributed by atoms with Crippen LogP contribution in [0, 0.1) is 0 Å². The summed E-state index contributed by atoms with van der Waals surface area (Å²) in [5.41, 5.74) is 3.51. The predicted molar refractivity (Wildman–Crippen MR) is 83.9 cm³/mol. The molecule has 0 aromatic heterocycles. The van der Waals surface area contributed by atoms with Gasteiger partial charge in [-0.3, -0.25) is 0 Å². The molecule has 0 aliphatic heterocycles. The third-order valence-electron chi connectivity index (χ3n) is 2.99. The maximum absolute atomic E-state index is 5.92. The van der Waals surface area contributed by atoms with Crippen molar-refractivity contribution in [2.45, 2.75) is 25.8 Å². The van der Waals surface area contributed by atoms with Gasteiger partial charge in [0.25, 0.3) is 0 Å². The standard InChI is InChI=1S/C16H16BrClO/c1-2-12-3-5-13(6-4-12)11-19-16-8-7-15(17)9-14(16)10-18/h3-9H,2,10-11H2,1H3. The van der Waals surface area contributed by atoms with Crippen LogP contribution in [0.2, 0.25) is 0 Å². The van der Waals surface area contributed by atoms with Crippen molar-refractivity contribution in [3.05, 3.63) is 63.6 Å². The topological polar surface area (TPSA) is 9.23 Å². The second-order valence-electron chi connectivity index (χ2n) is 4.34. The van der Waals surface area contributed by atoms with Crippen LogP contribution in [0.4, 0.5) is 0 Å². The van der Waals surface area contributed by atoms with Crippen molar-refractivity contribution in [3.63, 3.8) is 0 Å². The Morgan fingerprint density at radius 2 is 1.74 bits per heavy atom. The van der Waals surface area contributed by atoms with Gasteiger partial charge in [0.15, 0.2) is 0 Å². The van der Waals surface area contributed by atoms with Crippen LogP contribution < -0.4 is 4.74 Å². The van der Waals surface area contributed by atoms with Gasteiger partial charge in [0.2, 0.25) is 0 Å². The van der Waals surface area contributed by atoms with Crippen LogP contribution in [-0.2, 0) is 18.9 Å². The Kier molecular flexibility index (Phi) is 5.29. The molecule has 0 N–H and O–H groups in total. The zero-order valence-corrected chi connectivity index (χ0v) is 13.2. The Morgan fingerprint density at radius 3 is 2.37 bits per heavy atom. The number of halogens is 2. The van der Waals surface area contributed by atoms with Crippen molar-refractivity contribution in [1.29, 1.82) is 0 Å². The molecule has 3 heteroatoms. The van der Waals surface area contributed by atoms with Crippen LogP contribution >= 0.6 is 27.5 Å². The van der Waals surface area contributed by atoms with Crippen molar-refractivity contribution in [2.24, 2.45) is 0 Å². The first-order valence-electron chi connectivity index (χ1n) is 6.28. The summed E-state index contributed by atoms with van der Waals surface area (Å²) in [4.78, 5) is 0. The SMILES string of the molecule is CCc1ccc(COc2ccc(Br)cc2CCl)cc1. The largest absolute Gasteiger partial charge is 0.489 e. The summed E-state index contributed by atoms with van der Waals surface area (Å²) >= 11 is 9.36. The van der Waals surface area contributed by atoms with Crippen molar-refractivity contribution in [1.82, 2.24) is 0 Å². The molecule has 0 saturated carbocycles. The number of hydrogen-bond donors (Lipinski definition) is 0. The summed E-state index contributed by atoms with van der Waals surface area (Å²) in [6.45, 7) is 2.72. The molecular weight excluding hydrogens is 324 g/mol. The molecule has 2 aromatic rings. The first-order valence-corrected chi connectivity index (χ1v) is 7.60. The molecule has 0 aliphatic carbocycles. The van der Waals surface area contributed by atoms with E-state index < -0.39 is 0 Å². The number of benzene rings is 2. The van der Waals surface area contributed by atoms with E-state index in [4.69, 9.17) is 16.3 Å². The van der Waals surface area contributed by atoms with Crippen LogP contribution in [0.1, 0.15) is 23.6 Å². The molecule has 0 heterocycles. The molecule has 19 heavy (non-hydrogen) atoms. The van der Waals surface area contributed by atoms with Gasteiger partial charge >= 0.3 is 0 Å². The highest BCUT2D eigenvalue weighted by Gasteiger charge is 2.04. The van der Waals surface area contributed by atoms with Gasteiger partial charge < -0.3 is 4.74 Å². The maximum atomic E-state index is 5.92. The highest BCUT2D eigenvalue weighted by atomic mass is 79.9. The molecule has 2 rings (SSSR count). The Morgan fingerprint density at radius 1 is 1.05 bits per heavy atom. The van der Waals surface area contributed by atoms with Gasteiger partial charge in [-0.25, -0.2) is 0 Å². The van der Waals surface area contributed by atoms with E-state index in [2.05, 4.69) is 47.1 Å². The fourth-order valence-corrected chi connectivity index (χ4v) is 2.44. The number of hydrogen-bond acceptors (Lipinski definition) is 1. The summed E-state index contributed by atoms with van der Waals surface area (Å²) in [5.74, 6) is 1.29. The van der Waals surface area contributed by atoms with Gasteiger partial charge in [0.1, 0.15) is 12.4 Å². The van der Waals surface area contributed by atoms with Gasteiger partial charge in [-0.2, -0.15) is 0 Å². The van der Waals surface area contributed by atoms with Gasteiger partial charge in [0.05, 0.1) is 5.88 Å². The van der Waals surface area contributed by atoms with Gasteiger partial charge in [-0.05, 0) is 35.7 Å². The zero-order chi connectivity index (χ0) is 13.7. The van der Waals surface area contributed by atoms with Crippen LogP contribution in [0.5, 0.6) is 5.75 Å². The predicted octanol–water partition coefficient (Wildman–Crippen LogP) is 5.33. The minimum absolute atomic E-state index is 0.448. The molecule has 0 aliphatic rings. The summed E-state index contributed by atoms with van der Waals surface area (Å²) < 4.78 is 6.85. The smallest absolute Gasteiger partial charge is 0.124 e. The monoisotopic (exact) mass is 338 g/mol. The van der Waals surface area contributed by atoms with E-state index in [0.29, 0.717) is 12.5 Å². The van der Waals surface area contributed by atoms with Gasteiger partial charge in [-0.15, -0.1) is 11.6 Å². The average Bonchev–Trinajstić information content (AvgIpc) is 2.46. The van der Waals surface area contributed by atoms with Crippen molar-refractivity contribution < 1.29 is 4.74 Å². The second kappa shape index (κ2) is 6.97. The lowest BCUT2D eigenvalue weighted by Crippen LogP contribution is -1.98. The molecule has 0 saturated heterocycles. The first kappa shape index (κ1) is 14.4. The number of ether oxygens (including phenoxy) is 1. The summed E-state index contributed by atoms with van der Waals surface area (Å²) in [6.07, 6.45) is 1.06. The number of alkyl halides is 1. The van der Waals surface area contributed by atoms with E-state index in [0.717, 1.165) is 22.2 Å². The molecule has 0 atom stereocenters. The quantitative estimate of drug-likeness (QED) is 0.669. The molecule has 0 amide bonds. The summed E-state index contributed by atoms with van der Waals surface area (Å²) in [6, 6.07) is 14.4. The fourth-order valence-electron chi connectivity index (χ4n) is 1.83. The van der Waals surface area contributed by atoms with Gasteiger partial charge in [-0.1, -0.05) is 47.1 Å². The van der Waals surface area contributed by atoms with E-state index in [9.17, 15) is 0 Å². The van der Waals surface area contributed by atoms with Crippen LogP contribution in [0.25, 0.3) is 0 Å². The van der Waals surface area contributed by atoms with E-state index in [1.54, 1.807) is 0 Å². The highest BCUT2D eigenvalue weighted by Crippen LogP contribution is 2.25. The number of aryl methyl sites for hydroxylation is 1. The minimum Gasteiger partial charge on any atom is -0.489 e. The lowest BCUT2D eigenvalue weighted by Gasteiger charge is -2.10. The zero-order valence-electron chi connectivity index (χ0n) is 10.8. The lowest BCUT2D eigenvalue weighted by molar-refractivity contribution is 0.304. The normalized spacial score (nSPS) is 10.5. The fraction of sp³-hybridized carbons (Fsp3) is 0.250. The average molecular weight is 340 g/mol. The second-order valence-corrected chi connectivity index (χ2v) is 5.53. The molecule has 0 fully saturated rings. The Hall–Kier alpha value is -0.990. The summed E-state index contributed by atoms with van der Waals surface area (Å²) in [7, 11) is 0. The lowest BCUT2D eigenvalue weighted by atomic mass is 10.1. The Labute approximate surface area is 127 Å². The van der Waals surface area contributed by atoms with E-state index in [1.165, 1.54) is 11.1 Å². The van der Waals surface area contributed by atoms with Crippen LogP contribution in [0.3, 0.4) is 0 Å². The van der Waals surface area contributed by atoms with Crippen LogP contribution in [0.15, 0.2) is 46.9 Å². The molecule has 0 unspecified atom stereocenters. The Bertz CT molecular complexity index is 537. The van der Waals surface area contributed by atoms with Crippen molar-refractivity contribution in [3.8, 4) is 5.75 Å². The van der Waals surface area contributed by atoms with Crippen LogP contribution in [-0.4, -0.2) is 0 Å². The molecule has 0 radical (unpaired) electrons.